The molecule has 38 heavy (non-hydrogen) atoms. The number of pyridine rings is 1. The van der Waals surface area contributed by atoms with Gasteiger partial charge in [-0.2, -0.15) is 0 Å². The third-order valence-corrected chi connectivity index (χ3v) is 8.09. The average molecular weight is 542 g/mol. The Morgan fingerprint density at radius 3 is 2.50 bits per heavy atom. The number of halogens is 2. The zero-order chi connectivity index (χ0) is 26.9. The average Bonchev–Trinajstić information content (AvgIpc) is 3.30. The van der Waals surface area contributed by atoms with E-state index in [4.69, 9.17) is 4.98 Å². The van der Waals surface area contributed by atoms with Gasteiger partial charge in [0.15, 0.2) is 5.82 Å². The van der Waals surface area contributed by atoms with Crippen LogP contribution in [0.3, 0.4) is 0 Å². The van der Waals surface area contributed by atoms with Crippen LogP contribution in [0.1, 0.15) is 25.8 Å². The smallest absolute Gasteiger partial charge is 0.232 e. The maximum Gasteiger partial charge on any atom is 0.232 e. The zero-order valence-electron chi connectivity index (χ0n) is 21.2. The number of hydrogen-bond acceptors (Lipinski definition) is 7. The highest BCUT2D eigenvalue weighted by atomic mass is 32.2. The quantitative estimate of drug-likeness (QED) is 0.349. The number of piperazine rings is 1. The number of sulfonamides is 1. The van der Waals surface area contributed by atoms with E-state index in [2.05, 4.69) is 24.9 Å². The van der Waals surface area contributed by atoms with Crippen LogP contribution in [0, 0.1) is 11.6 Å². The molecule has 1 aromatic carbocycles. The van der Waals surface area contributed by atoms with Crippen molar-refractivity contribution in [2.24, 2.45) is 0 Å². The van der Waals surface area contributed by atoms with Crippen LogP contribution in [-0.4, -0.2) is 59.9 Å². The Morgan fingerprint density at radius 2 is 1.82 bits per heavy atom. The molecule has 0 unspecified atom stereocenters. The second kappa shape index (κ2) is 10.6. The van der Waals surface area contributed by atoms with E-state index in [0.717, 1.165) is 55.1 Å². The number of nitrogens with one attached hydrogen (secondary N) is 2. The van der Waals surface area contributed by atoms with Gasteiger partial charge in [0.25, 0.3) is 0 Å². The molecule has 5 rings (SSSR count). The molecule has 0 bridgehead atoms. The maximum absolute atomic E-state index is 15.8. The van der Waals surface area contributed by atoms with Crippen LogP contribution in [0.25, 0.3) is 27.7 Å². The molecular formula is C26H29F2N7O2S. The summed E-state index contributed by atoms with van der Waals surface area (Å²) in [6.07, 6.45) is 8.97. The van der Waals surface area contributed by atoms with Crippen molar-refractivity contribution in [3.8, 4) is 16.8 Å². The molecule has 12 heteroatoms. The zero-order valence-corrected chi connectivity index (χ0v) is 22.0. The van der Waals surface area contributed by atoms with Gasteiger partial charge in [0, 0.05) is 66.8 Å². The fraction of sp³-hybridized carbons (Fsp3) is 0.346. The number of aryl methyl sites for hydroxylation is 1. The van der Waals surface area contributed by atoms with Crippen LogP contribution in [0.4, 0.5) is 20.3 Å². The van der Waals surface area contributed by atoms with Crippen LogP contribution in [0.2, 0.25) is 0 Å². The van der Waals surface area contributed by atoms with E-state index in [0.29, 0.717) is 29.5 Å². The lowest BCUT2D eigenvalue weighted by atomic mass is 10.0. The summed E-state index contributed by atoms with van der Waals surface area (Å²) < 4.78 is 59.5. The molecule has 0 spiro atoms. The molecule has 0 amide bonds. The van der Waals surface area contributed by atoms with Crippen molar-refractivity contribution >= 4 is 32.4 Å². The Hall–Kier alpha value is -3.64. The highest BCUT2D eigenvalue weighted by Crippen LogP contribution is 2.39. The van der Waals surface area contributed by atoms with Gasteiger partial charge in [-0.25, -0.2) is 32.2 Å². The van der Waals surface area contributed by atoms with Gasteiger partial charge in [-0.05, 0) is 25.0 Å². The molecule has 1 aliphatic heterocycles. The number of aromatic nitrogens is 4. The first kappa shape index (κ1) is 26.0. The number of anilines is 2. The molecular weight excluding hydrogens is 512 g/mol. The summed E-state index contributed by atoms with van der Waals surface area (Å²) in [6.45, 7) is 6.98. The third-order valence-electron chi connectivity index (χ3n) is 6.61. The van der Waals surface area contributed by atoms with Gasteiger partial charge in [-0.1, -0.05) is 13.8 Å². The van der Waals surface area contributed by atoms with Gasteiger partial charge in [0.1, 0.15) is 23.6 Å². The summed E-state index contributed by atoms with van der Waals surface area (Å²) >= 11 is 0. The topological polar surface area (TPSA) is 105 Å². The van der Waals surface area contributed by atoms with Gasteiger partial charge < -0.3 is 14.8 Å². The van der Waals surface area contributed by atoms with E-state index in [1.165, 1.54) is 10.9 Å². The van der Waals surface area contributed by atoms with E-state index >= 15 is 8.78 Å². The van der Waals surface area contributed by atoms with Gasteiger partial charge >= 0.3 is 0 Å². The first-order valence-electron chi connectivity index (χ1n) is 12.6. The molecule has 0 aliphatic carbocycles. The molecule has 0 saturated carbocycles. The van der Waals surface area contributed by atoms with Gasteiger partial charge in [-0.15, -0.1) is 0 Å². The highest BCUT2D eigenvalue weighted by molar-refractivity contribution is 7.92. The molecule has 0 radical (unpaired) electrons. The molecule has 2 N–H and O–H groups in total. The Bertz CT molecular complexity index is 1570. The summed E-state index contributed by atoms with van der Waals surface area (Å²) in [6, 6.07) is 2.15. The summed E-state index contributed by atoms with van der Waals surface area (Å²) in [4.78, 5) is 15.2. The van der Waals surface area contributed by atoms with Crippen LogP contribution in [0.5, 0.6) is 0 Å². The minimum Gasteiger partial charge on any atom is -0.354 e. The van der Waals surface area contributed by atoms with Gasteiger partial charge in [0.05, 0.1) is 23.2 Å². The van der Waals surface area contributed by atoms with Crippen molar-refractivity contribution in [3.63, 3.8) is 0 Å². The minimum atomic E-state index is -3.79. The summed E-state index contributed by atoms with van der Waals surface area (Å²) in [5, 5.41) is 4.13. The molecule has 4 heterocycles. The standard InChI is InChI=1S/C26H29F2N7O2S/c1-3-11-38(36,37)33-21-6-5-20(27)25(24(21)28)35-15-19(17-12-30-16-31-13-17)23-18(4-2)26(32-14-22(23)35)34-9-7-29-8-10-34/h5-6,12-16,29,33H,3-4,7-11H2,1-2H3. The molecule has 200 valence electrons. The minimum absolute atomic E-state index is 0.178. The number of rotatable bonds is 8. The monoisotopic (exact) mass is 541 g/mol. The lowest BCUT2D eigenvalue weighted by Crippen LogP contribution is -2.44. The lowest BCUT2D eigenvalue weighted by molar-refractivity contribution is 0.572. The molecule has 4 aromatic rings. The van der Waals surface area contributed by atoms with Crippen molar-refractivity contribution in [2.75, 3.05) is 41.6 Å². The van der Waals surface area contributed by atoms with Crippen LogP contribution < -0.4 is 14.9 Å². The van der Waals surface area contributed by atoms with Gasteiger partial charge in [0.2, 0.25) is 10.0 Å². The molecule has 0 atom stereocenters. The van der Waals surface area contributed by atoms with E-state index < -0.39 is 27.3 Å². The molecule has 1 fully saturated rings. The van der Waals surface area contributed by atoms with Crippen LogP contribution in [0.15, 0.2) is 43.2 Å². The van der Waals surface area contributed by atoms with Crippen molar-refractivity contribution < 1.29 is 17.2 Å². The Morgan fingerprint density at radius 1 is 1.08 bits per heavy atom. The number of fused-ring (bicyclic) bond motifs is 1. The highest BCUT2D eigenvalue weighted by Gasteiger charge is 2.26. The molecule has 3 aromatic heterocycles. The SMILES string of the molecule is CCCS(=O)(=O)Nc1ccc(F)c(-n2cc(-c3cncnc3)c3c(CC)c(N4CCNCC4)ncc32)c1F. The van der Waals surface area contributed by atoms with E-state index in [9.17, 15) is 8.42 Å². The second-order valence-corrected chi connectivity index (χ2v) is 11.0. The number of hydrogen-bond donors (Lipinski definition) is 2. The molecule has 9 nitrogen and oxygen atoms in total. The summed E-state index contributed by atoms with van der Waals surface area (Å²) in [7, 11) is -3.79. The molecule has 1 saturated heterocycles. The number of nitrogens with zero attached hydrogens (tertiary/aromatic N) is 5. The predicted molar refractivity (Wildman–Crippen MR) is 144 cm³/mol. The van der Waals surface area contributed by atoms with E-state index in [1.54, 1.807) is 31.7 Å². The first-order valence-corrected chi connectivity index (χ1v) is 14.2. The second-order valence-electron chi connectivity index (χ2n) is 9.13. The fourth-order valence-electron chi connectivity index (χ4n) is 4.93. The molecule has 1 aliphatic rings. The summed E-state index contributed by atoms with van der Waals surface area (Å²) in [5.74, 6) is -1.19. The predicted octanol–water partition coefficient (Wildman–Crippen LogP) is 3.88. The maximum atomic E-state index is 15.8. The lowest BCUT2D eigenvalue weighted by Gasteiger charge is -2.30. The fourth-order valence-corrected chi connectivity index (χ4v) is 6.06. The van der Waals surface area contributed by atoms with Gasteiger partial charge in [-0.3, -0.25) is 4.72 Å². The Labute approximate surface area is 220 Å². The Kier molecular flexibility index (Phi) is 7.26. The van der Waals surface area contributed by atoms with Crippen molar-refractivity contribution in [3.05, 3.63) is 60.4 Å². The summed E-state index contributed by atoms with van der Waals surface area (Å²) in [5.41, 5.74) is 2.11. The largest absolute Gasteiger partial charge is 0.354 e. The van der Waals surface area contributed by atoms with E-state index in [1.807, 2.05) is 6.92 Å². The van der Waals surface area contributed by atoms with Crippen molar-refractivity contribution in [2.45, 2.75) is 26.7 Å². The van der Waals surface area contributed by atoms with Crippen LogP contribution >= 0.6 is 0 Å². The van der Waals surface area contributed by atoms with Crippen molar-refractivity contribution in [1.29, 1.82) is 0 Å². The first-order chi connectivity index (χ1) is 18.3. The van der Waals surface area contributed by atoms with E-state index in [-0.39, 0.29) is 11.4 Å². The normalized spacial score (nSPS) is 14.3. The Balaban J connectivity index is 1.76. The van der Waals surface area contributed by atoms with Crippen LogP contribution in [-0.2, 0) is 16.4 Å². The number of benzene rings is 1. The van der Waals surface area contributed by atoms with Crippen molar-refractivity contribution in [1.82, 2.24) is 24.8 Å². The third kappa shape index (κ3) is 4.81.